The molecule has 0 aliphatic heterocycles. The Hall–Kier alpha value is -0.610. The van der Waals surface area contributed by atoms with Crippen LogP contribution in [0.25, 0.3) is 0 Å². The fourth-order valence-corrected chi connectivity index (χ4v) is 0.746. The second-order valence-corrected chi connectivity index (χ2v) is 3.01. The summed E-state index contributed by atoms with van der Waals surface area (Å²) in [6.45, 7) is 4.47. The lowest BCUT2D eigenvalue weighted by molar-refractivity contribution is -0.138. The van der Waals surface area contributed by atoms with E-state index in [2.05, 4.69) is 0 Å². The van der Waals surface area contributed by atoms with E-state index in [1.807, 2.05) is 13.8 Å². The van der Waals surface area contributed by atoms with E-state index in [1.54, 1.807) is 0 Å². The van der Waals surface area contributed by atoms with Crippen molar-refractivity contribution in [2.45, 2.75) is 38.8 Å². The molecule has 0 heterocycles. The summed E-state index contributed by atoms with van der Waals surface area (Å²) in [6.07, 6.45) is 1.37. The molecule has 3 N–H and O–H groups in total. The highest BCUT2D eigenvalue weighted by molar-refractivity contribution is 5.72. The number of hydrogen-bond donors (Lipinski definition) is 2. The molecule has 4 nitrogen and oxygen atoms in total. The van der Waals surface area contributed by atoms with Gasteiger partial charge in [0, 0.05) is 6.61 Å². The molecule has 0 aromatic carbocycles. The first-order valence-electron chi connectivity index (χ1n) is 4.14. The van der Waals surface area contributed by atoms with Gasteiger partial charge in [-0.1, -0.05) is 0 Å². The molecule has 0 fully saturated rings. The first-order valence-corrected chi connectivity index (χ1v) is 4.14. The Morgan fingerprint density at radius 1 is 1.58 bits per heavy atom. The van der Waals surface area contributed by atoms with Crippen molar-refractivity contribution in [1.29, 1.82) is 0 Å². The van der Waals surface area contributed by atoms with E-state index in [-0.39, 0.29) is 6.10 Å². The Labute approximate surface area is 72.7 Å². The first kappa shape index (κ1) is 11.4. The van der Waals surface area contributed by atoms with Gasteiger partial charge in [-0.3, -0.25) is 4.79 Å². The predicted octanol–water partition coefficient (Wildman–Crippen LogP) is 0.603. The minimum atomic E-state index is -0.945. The number of nitrogens with two attached hydrogens (primary N) is 1. The van der Waals surface area contributed by atoms with E-state index in [9.17, 15) is 4.79 Å². The van der Waals surface area contributed by atoms with E-state index in [4.69, 9.17) is 15.6 Å². The van der Waals surface area contributed by atoms with Gasteiger partial charge in [-0.2, -0.15) is 0 Å². The average molecular weight is 175 g/mol. The summed E-state index contributed by atoms with van der Waals surface area (Å²) in [5.41, 5.74) is 5.28. The van der Waals surface area contributed by atoms with E-state index in [0.29, 0.717) is 19.4 Å². The van der Waals surface area contributed by atoms with Crippen LogP contribution < -0.4 is 5.73 Å². The van der Waals surface area contributed by atoms with Gasteiger partial charge in [-0.05, 0) is 26.7 Å². The van der Waals surface area contributed by atoms with Crippen molar-refractivity contribution in [3.63, 3.8) is 0 Å². The Kier molecular flexibility index (Phi) is 5.66. The third-order valence-corrected chi connectivity index (χ3v) is 1.43. The third kappa shape index (κ3) is 6.12. The lowest BCUT2D eigenvalue weighted by Crippen LogP contribution is -2.30. The van der Waals surface area contributed by atoms with Gasteiger partial charge in [0.1, 0.15) is 6.04 Å². The molecule has 0 radical (unpaired) electrons. The quantitative estimate of drug-likeness (QED) is 0.580. The number of ether oxygens (including phenoxy) is 1. The van der Waals surface area contributed by atoms with Crippen LogP contribution in [0.1, 0.15) is 26.7 Å². The van der Waals surface area contributed by atoms with Crippen LogP contribution in [0.15, 0.2) is 0 Å². The monoisotopic (exact) mass is 175 g/mol. The van der Waals surface area contributed by atoms with Crippen LogP contribution in [0.3, 0.4) is 0 Å². The summed E-state index contributed by atoms with van der Waals surface area (Å²) in [5, 5.41) is 8.42. The molecule has 0 aliphatic rings. The second-order valence-electron chi connectivity index (χ2n) is 3.01. The number of aliphatic carboxylic acids is 1. The van der Waals surface area contributed by atoms with E-state index in [1.165, 1.54) is 0 Å². The summed E-state index contributed by atoms with van der Waals surface area (Å²) in [6, 6.07) is -0.749. The van der Waals surface area contributed by atoms with Gasteiger partial charge < -0.3 is 15.6 Å². The summed E-state index contributed by atoms with van der Waals surface area (Å²) in [7, 11) is 0. The molecule has 0 aromatic rings. The number of carboxylic acid groups (broad SMARTS) is 1. The molecule has 0 saturated carbocycles. The van der Waals surface area contributed by atoms with E-state index in [0.717, 1.165) is 0 Å². The molecule has 0 aromatic heterocycles. The molecule has 12 heavy (non-hydrogen) atoms. The first-order chi connectivity index (χ1) is 5.54. The fraction of sp³-hybridized carbons (Fsp3) is 0.875. The van der Waals surface area contributed by atoms with Gasteiger partial charge in [0.2, 0.25) is 0 Å². The SMILES string of the molecule is CC(C)OCCCC(N)C(=O)O. The molecule has 1 unspecified atom stereocenters. The number of rotatable bonds is 6. The molecule has 0 bridgehead atoms. The third-order valence-electron chi connectivity index (χ3n) is 1.43. The molecule has 0 amide bonds. The smallest absolute Gasteiger partial charge is 0.320 e. The lowest BCUT2D eigenvalue weighted by Gasteiger charge is -2.08. The van der Waals surface area contributed by atoms with E-state index >= 15 is 0 Å². The van der Waals surface area contributed by atoms with Crippen LogP contribution in [-0.2, 0) is 9.53 Å². The summed E-state index contributed by atoms with van der Waals surface area (Å²) in [5.74, 6) is -0.945. The van der Waals surface area contributed by atoms with Crippen molar-refractivity contribution in [2.24, 2.45) is 5.73 Å². The fourth-order valence-electron chi connectivity index (χ4n) is 0.746. The zero-order valence-corrected chi connectivity index (χ0v) is 7.62. The number of carbonyl (C=O) groups is 1. The van der Waals surface area contributed by atoms with Crippen molar-refractivity contribution in [3.05, 3.63) is 0 Å². The Bertz CT molecular complexity index is 136. The molecule has 0 spiro atoms. The molecular weight excluding hydrogens is 158 g/mol. The lowest BCUT2D eigenvalue weighted by atomic mass is 10.2. The van der Waals surface area contributed by atoms with Crippen molar-refractivity contribution >= 4 is 5.97 Å². The minimum absolute atomic E-state index is 0.200. The molecule has 1 atom stereocenters. The predicted molar refractivity (Wildman–Crippen MR) is 45.9 cm³/mol. The van der Waals surface area contributed by atoms with Crippen LogP contribution in [0.4, 0.5) is 0 Å². The van der Waals surface area contributed by atoms with Crippen molar-refractivity contribution in [2.75, 3.05) is 6.61 Å². The normalized spacial score (nSPS) is 13.3. The maximum absolute atomic E-state index is 10.3. The number of hydrogen-bond acceptors (Lipinski definition) is 3. The molecule has 0 rings (SSSR count). The average Bonchev–Trinajstić information content (AvgIpc) is 1.97. The van der Waals surface area contributed by atoms with Crippen molar-refractivity contribution in [1.82, 2.24) is 0 Å². The van der Waals surface area contributed by atoms with Crippen molar-refractivity contribution < 1.29 is 14.6 Å². The molecule has 0 saturated heterocycles. The highest BCUT2D eigenvalue weighted by Crippen LogP contribution is 1.97. The zero-order valence-electron chi connectivity index (χ0n) is 7.62. The summed E-state index contributed by atoms with van der Waals surface area (Å²) < 4.78 is 5.22. The minimum Gasteiger partial charge on any atom is -0.480 e. The largest absolute Gasteiger partial charge is 0.480 e. The van der Waals surface area contributed by atoms with Crippen LogP contribution in [0, 0.1) is 0 Å². The van der Waals surface area contributed by atoms with Gasteiger partial charge in [0.05, 0.1) is 6.10 Å². The van der Waals surface area contributed by atoms with Gasteiger partial charge in [0.25, 0.3) is 0 Å². The maximum Gasteiger partial charge on any atom is 0.320 e. The van der Waals surface area contributed by atoms with Gasteiger partial charge in [0.15, 0.2) is 0 Å². The number of carboxylic acids is 1. The van der Waals surface area contributed by atoms with Gasteiger partial charge >= 0.3 is 5.97 Å². The van der Waals surface area contributed by atoms with Crippen LogP contribution in [0.5, 0.6) is 0 Å². The highest BCUT2D eigenvalue weighted by Gasteiger charge is 2.09. The van der Waals surface area contributed by atoms with Crippen LogP contribution >= 0.6 is 0 Å². The van der Waals surface area contributed by atoms with Gasteiger partial charge in [-0.25, -0.2) is 0 Å². The highest BCUT2D eigenvalue weighted by atomic mass is 16.5. The second kappa shape index (κ2) is 5.97. The Morgan fingerprint density at radius 2 is 2.17 bits per heavy atom. The molecule has 72 valence electrons. The van der Waals surface area contributed by atoms with Crippen LogP contribution in [0.2, 0.25) is 0 Å². The maximum atomic E-state index is 10.3. The Balaban J connectivity index is 3.25. The zero-order chi connectivity index (χ0) is 9.56. The molecule has 0 aliphatic carbocycles. The Morgan fingerprint density at radius 3 is 2.58 bits per heavy atom. The van der Waals surface area contributed by atoms with Crippen molar-refractivity contribution in [3.8, 4) is 0 Å². The summed E-state index contributed by atoms with van der Waals surface area (Å²) in [4.78, 5) is 10.3. The van der Waals surface area contributed by atoms with Gasteiger partial charge in [-0.15, -0.1) is 0 Å². The molecule has 4 heteroatoms. The standard InChI is InChI=1S/C8H17NO3/c1-6(2)12-5-3-4-7(9)8(10)11/h6-7H,3-5,9H2,1-2H3,(H,10,11). The summed E-state index contributed by atoms with van der Waals surface area (Å²) >= 11 is 0. The van der Waals surface area contributed by atoms with E-state index < -0.39 is 12.0 Å². The molecular formula is C8H17NO3. The topological polar surface area (TPSA) is 72.5 Å². The van der Waals surface area contributed by atoms with Crippen LogP contribution in [-0.4, -0.2) is 29.8 Å².